The van der Waals surface area contributed by atoms with Gasteiger partial charge in [-0.3, -0.25) is 0 Å². The third kappa shape index (κ3) is 4.04. The number of rotatable bonds is 5. The molecule has 0 unspecified atom stereocenters. The minimum absolute atomic E-state index is 0.533. The minimum atomic E-state index is 0.533. The Morgan fingerprint density at radius 1 is 1.12 bits per heavy atom. The Balaban J connectivity index is 1.42. The molecule has 5 rings (SSSR count). The highest BCUT2D eigenvalue weighted by molar-refractivity contribution is 7.17. The van der Waals surface area contributed by atoms with E-state index in [1.54, 1.807) is 0 Å². The summed E-state index contributed by atoms with van der Waals surface area (Å²) in [6, 6.07) is 12.5. The van der Waals surface area contributed by atoms with E-state index in [2.05, 4.69) is 67.6 Å². The van der Waals surface area contributed by atoms with E-state index in [-0.39, 0.29) is 0 Å². The molecular formula is C23H25N7OS. The highest BCUT2D eigenvalue weighted by atomic mass is 32.1. The van der Waals surface area contributed by atoms with Gasteiger partial charge in [0.1, 0.15) is 5.65 Å². The number of likely N-dealkylation sites (N-methyl/N-ethyl adjacent to an activating group) is 1. The highest BCUT2D eigenvalue weighted by Gasteiger charge is 2.16. The van der Waals surface area contributed by atoms with Gasteiger partial charge in [0.05, 0.1) is 21.7 Å². The standard InChI is InChI=1S/C23H25N7OS/c1-15-13-19(32-20(15)14-25-31)21-18-7-8-24-22(18)28-23(27-21)26-16-3-5-17(6-4-16)30-11-9-29(2)10-12-30/h3-8,13-14,31H,9-12H2,1-2H3,(H2,24,26,27,28)/b25-14-. The molecule has 0 saturated carbocycles. The van der Waals surface area contributed by atoms with Crippen molar-refractivity contribution in [2.45, 2.75) is 6.92 Å². The summed E-state index contributed by atoms with van der Waals surface area (Å²) in [6.45, 7) is 6.25. The Labute approximate surface area is 190 Å². The maximum atomic E-state index is 8.92. The van der Waals surface area contributed by atoms with Gasteiger partial charge in [0, 0.05) is 49.1 Å². The zero-order chi connectivity index (χ0) is 22.1. The van der Waals surface area contributed by atoms with E-state index in [1.165, 1.54) is 23.2 Å². The average Bonchev–Trinajstić information content (AvgIpc) is 3.41. The molecular weight excluding hydrogens is 422 g/mol. The zero-order valence-electron chi connectivity index (χ0n) is 18.0. The Morgan fingerprint density at radius 2 is 1.91 bits per heavy atom. The number of piperazine rings is 1. The van der Waals surface area contributed by atoms with Gasteiger partial charge in [0.2, 0.25) is 5.95 Å². The van der Waals surface area contributed by atoms with Crippen LogP contribution < -0.4 is 10.2 Å². The van der Waals surface area contributed by atoms with Crippen LogP contribution in [-0.4, -0.2) is 64.5 Å². The summed E-state index contributed by atoms with van der Waals surface area (Å²) in [5, 5.41) is 16.4. The molecule has 0 spiro atoms. The number of nitrogens with one attached hydrogen (secondary N) is 2. The van der Waals surface area contributed by atoms with E-state index >= 15 is 0 Å². The quantitative estimate of drug-likeness (QED) is 0.240. The molecule has 1 aromatic carbocycles. The van der Waals surface area contributed by atoms with Crippen molar-refractivity contribution < 1.29 is 5.21 Å². The first kappa shape index (κ1) is 20.5. The molecule has 0 aliphatic carbocycles. The molecule has 4 heterocycles. The first-order valence-corrected chi connectivity index (χ1v) is 11.4. The van der Waals surface area contributed by atoms with Gasteiger partial charge in [-0.15, -0.1) is 11.3 Å². The SMILES string of the molecule is Cc1cc(-c2nc(Nc3ccc(N4CCN(C)CC4)cc3)nc3[nH]ccc23)sc1/C=N\O. The molecule has 0 amide bonds. The first-order chi connectivity index (χ1) is 15.6. The largest absolute Gasteiger partial charge is 0.411 e. The number of aromatic amines is 1. The lowest BCUT2D eigenvalue weighted by atomic mass is 10.2. The van der Waals surface area contributed by atoms with Crippen LogP contribution in [0.4, 0.5) is 17.3 Å². The van der Waals surface area contributed by atoms with Crippen LogP contribution in [-0.2, 0) is 0 Å². The number of aryl methyl sites for hydroxylation is 1. The molecule has 0 bridgehead atoms. The molecule has 32 heavy (non-hydrogen) atoms. The number of nitrogens with zero attached hydrogens (tertiary/aromatic N) is 5. The molecule has 9 heteroatoms. The number of fused-ring (bicyclic) bond motifs is 1. The maximum absolute atomic E-state index is 8.92. The number of hydrogen-bond acceptors (Lipinski definition) is 8. The van der Waals surface area contributed by atoms with Gasteiger partial charge >= 0.3 is 0 Å². The van der Waals surface area contributed by atoms with Gasteiger partial charge in [-0.2, -0.15) is 4.98 Å². The normalized spacial score (nSPS) is 15.1. The number of anilines is 3. The van der Waals surface area contributed by atoms with Crippen LogP contribution in [0.3, 0.4) is 0 Å². The molecule has 1 fully saturated rings. The number of benzene rings is 1. The molecule has 0 radical (unpaired) electrons. The van der Waals surface area contributed by atoms with Crippen LogP contribution in [0, 0.1) is 6.92 Å². The Kier molecular flexibility index (Phi) is 5.50. The van der Waals surface area contributed by atoms with Gasteiger partial charge in [-0.05, 0) is 55.9 Å². The minimum Gasteiger partial charge on any atom is -0.411 e. The molecule has 1 aliphatic rings. The van der Waals surface area contributed by atoms with E-state index in [1.807, 2.05) is 19.2 Å². The predicted molar refractivity (Wildman–Crippen MR) is 131 cm³/mol. The van der Waals surface area contributed by atoms with Crippen molar-refractivity contribution in [1.29, 1.82) is 0 Å². The van der Waals surface area contributed by atoms with Crippen molar-refractivity contribution in [2.75, 3.05) is 43.4 Å². The second-order valence-corrected chi connectivity index (χ2v) is 9.08. The van der Waals surface area contributed by atoms with E-state index in [9.17, 15) is 0 Å². The number of oxime groups is 1. The number of H-pyrrole nitrogens is 1. The Bertz CT molecular complexity index is 1250. The summed E-state index contributed by atoms with van der Waals surface area (Å²) >= 11 is 1.54. The molecule has 8 nitrogen and oxygen atoms in total. The fraction of sp³-hybridized carbons (Fsp3) is 0.261. The average molecular weight is 448 g/mol. The van der Waals surface area contributed by atoms with Crippen molar-refractivity contribution in [1.82, 2.24) is 19.9 Å². The predicted octanol–water partition coefficient (Wildman–Crippen LogP) is 4.30. The second-order valence-electron chi connectivity index (χ2n) is 8.00. The summed E-state index contributed by atoms with van der Waals surface area (Å²) < 4.78 is 0. The van der Waals surface area contributed by atoms with Crippen LogP contribution in [0.2, 0.25) is 0 Å². The molecule has 3 aromatic heterocycles. The van der Waals surface area contributed by atoms with E-state index in [0.717, 1.165) is 63.9 Å². The summed E-state index contributed by atoms with van der Waals surface area (Å²) in [6.07, 6.45) is 3.33. The lowest BCUT2D eigenvalue weighted by Gasteiger charge is -2.34. The van der Waals surface area contributed by atoms with Crippen molar-refractivity contribution in [2.24, 2.45) is 5.16 Å². The summed E-state index contributed by atoms with van der Waals surface area (Å²) in [5.74, 6) is 0.533. The zero-order valence-corrected chi connectivity index (χ0v) is 18.9. The second kappa shape index (κ2) is 8.60. The summed E-state index contributed by atoms with van der Waals surface area (Å²) in [4.78, 5) is 19.3. The van der Waals surface area contributed by atoms with Crippen LogP contribution in [0.25, 0.3) is 21.6 Å². The van der Waals surface area contributed by atoms with Gasteiger partial charge in [0.15, 0.2) is 0 Å². The van der Waals surface area contributed by atoms with Gasteiger partial charge in [-0.25, -0.2) is 4.98 Å². The summed E-state index contributed by atoms with van der Waals surface area (Å²) in [7, 11) is 2.16. The van der Waals surface area contributed by atoms with Gasteiger partial charge in [-0.1, -0.05) is 5.16 Å². The summed E-state index contributed by atoms with van der Waals surface area (Å²) in [5.41, 5.74) is 4.83. The van der Waals surface area contributed by atoms with Crippen LogP contribution >= 0.6 is 11.3 Å². The lowest BCUT2D eigenvalue weighted by molar-refractivity contribution is 0.313. The third-order valence-corrected chi connectivity index (χ3v) is 6.95. The van der Waals surface area contributed by atoms with E-state index in [0.29, 0.717) is 5.95 Å². The molecule has 3 N–H and O–H groups in total. The highest BCUT2D eigenvalue weighted by Crippen LogP contribution is 2.34. The molecule has 0 atom stereocenters. The van der Waals surface area contributed by atoms with Crippen molar-refractivity contribution in [3.63, 3.8) is 0 Å². The van der Waals surface area contributed by atoms with Crippen LogP contribution in [0.5, 0.6) is 0 Å². The fourth-order valence-electron chi connectivity index (χ4n) is 3.93. The van der Waals surface area contributed by atoms with Crippen molar-refractivity contribution in [3.05, 3.63) is 53.0 Å². The number of thiophene rings is 1. The molecule has 164 valence electrons. The first-order valence-electron chi connectivity index (χ1n) is 10.5. The number of aromatic nitrogens is 3. The molecule has 1 saturated heterocycles. The Hall–Kier alpha value is -3.43. The van der Waals surface area contributed by atoms with E-state index in [4.69, 9.17) is 10.2 Å². The fourth-order valence-corrected chi connectivity index (χ4v) is 4.97. The van der Waals surface area contributed by atoms with Crippen LogP contribution in [0.15, 0.2) is 47.8 Å². The molecule has 4 aromatic rings. The topological polar surface area (TPSA) is 92.7 Å². The van der Waals surface area contributed by atoms with Crippen LogP contribution in [0.1, 0.15) is 10.4 Å². The van der Waals surface area contributed by atoms with Crippen molar-refractivity contribution in [3.8, 4) is 10.6 Å². The van der Waals surface area contributed by atoms with Gasteiger partial charge < -0.3 is 25.3 Å². The number of hydrogen-bond donors (Lipinski definition) is 3. The lowest BCUT2D eigenvalue weighted by Crippen LogP contribution is -2.44. The smallest absolute Gasteiger partial charge is 0.229 e. The van der Waals surface area contributed by atoms with E-state index < -0.39 is 0 Å². The maximum Gasteiger partial charge on any atom is 0.229 e. The third-order valence-electron chi connectivity index (χ3n) is 5.77. The Morgan fingerprint density at radius 3 is 2.66 bits per heavy atom. The van der Waals surface area contributed by atoms with Gasteiger partial charge in [0.25, 0.3) is 0 Å². The monoisotopic (exact) mass is 447 g/mol. The molecule has 1 aliphatic heterocycles. The van der Waals surface area contributed by atoms with Crippen molar-refractivity contribution >= 4 is 45.9 Å².